The molecule has 24 heavy (non-hydrogen) atoms. The fraction of sp³-hybridized carbons (Fsp3) is 0.556. The SMILES string of the molecule is COC(=O)N[C@H](C(=O)NNCCCCCc1ccccc1)C(C)C. The number of alkyl carbamates (subject to hydrolysis) is 1. The van der Waals surface area contributed by atoms with Crippen LogP contribution in [0.4, 0.5) is 4.79 Å². The number of amides is 2. The smallest absolute Gasteiger partial charge is 0.407 e. The zero-order valence-corrected chi connectivity index (χ0v) is 14.8. The molecule has 2 amide bonds. The molecule has 0 saturated heterocycles. The number of carbonyl (C=O) groups is 2. The molecule has 3 N–H and O–H groups in total. The van der Waals surface area contributed by atoms with Crippen molar-refractivity contribution in [3.05, 3.63) is 35.9 Å². The zero-order valence-electron chi connectivity index (χ0n) is 14.8. The minimum atomic E-state index is -0.622. The minimum Gasteiger partial charge on any atom is -0.453 e. The van der Waals surface area contributed by atoms with E-state index in [1.54, 1.807) is 0 Å². The Labute approximate surface area is 144 Å². The van der Waals surface area contributed by atoms with Gasteiger partial charge in [-0.25, -0.2) is 10.2 Å². The Kier molecular flexibility index (Phi) is 9.53. The molecule has 6 heteroatoms. The van der Waals surface area contributed by atoms with Gasteiger partial charge in [-0.1, -0.05) is 50.6 Å². The van der Waals surface area contributed by atoms with Crippen molar-refractivity contribution < 1.29 is 14.3 Å². The first-order valence-corrected chi connectivity index (χ1v) is 8.45. The molecule has 134 valence electrons. The molecule has 0 aliphatic carbocycles. The summed E-state index contributed by atoms with van der Waals surface area (Å²) < 4.78 is 4.54. The number of unbranched alkanes of at least 4 members (excludes halogenated alkanes) is 2. The van der Waals surface area contributed by atoms with Gasteiger partial charge in [-0.3, -0.25) is 10.2 Å². The lowest BCUT2D eigenvalue weighted by Crippen LogP contribution is -2.53. The second-order valence-corrected chi connectivity index (χ2v) is 6.07. The van der Waals surface area contributed by atoms with E-state index in [2.05, 4.69) is 45.2 Å². The third-order valence-electron chi connectivity index (χ3n) is 3.73. The molecule has 0 bridgehead atoms. The van der Waals surface area contributed by atoms with Gasteiger partial charge in [-0.2, -0.15) is 0 Å². The van der Waals surface area contributed by atoms with Crippen LogP contribution in [-0.2, 0) is 16.0 Å². The van der Waals surface area contributed by atoms with Gasteiger partial charge in [0.2, 0.25) is 0 Å². The lowest BCUT2D eigenvalue weighted by Gasteiger charge is -2.21. The predicted molar refractivity (Wildman–Crippen MR) is 94.3 cm³/mol. The molecule has 0 aliphatic rings. The molecule has 1 rings (SSSR count). The Morgan fingerprint density at radius 3 is 2.42 bits per heavy atom. The normalized spacial score (nSPS) is 11.8. The lowest BCUT2D eigenvalue weighted by molar-refractivity contribution is -0.125. The monoisotopic (exact) mass is 335 g/mol. The summed E-state index contributed by atoms with van der Waals surface area (Å²) in [6.07, 6.45) is 3.66. The second-order valence-electron chi connectivity index (χ2n) is 6.07. The summed E-state index contributed by atoms with van der Waals surface area (Å²) in [6, 6.07) is 9.79. The highest BCUT2D eigenvalue weighted by Gasteiger charge is 2.24. The van der Waals surface area contributed by atoms with Crippen LogP contribution in [0.3, 0.4) is 0 Å². The van der Waals surface area contributed by atoms with Crippen molar-refractivity contribution in [2.75, 3.05) is 13.7 Å². The van der Waals surface area contributed by atoms with Gasteiger partial charge in [0.05, 0.1) is 7.11 Å². The van der Waals surface area contributed by atoms with Crippen molar-refractivity contribution in [3.63, 3.8) is 0 Å². The van der Waals surface area contributed by atoms with Crippen LogP contribution >= 0.6 is 0 Å². The maximum absolute atomic E-state index is 12.1. The van der Waals surface area contributed by atoms with Crippen molar-refractivity contribution in [2.24, 2.45) is 5.92 Å². The Bertz CT molecular complexity index is 492. The molecule has 0 unspecified atom stereocenters. The van der Waals surface area contributed by atoms with Gasteiger partial charge in [0, 0.05) is 6.54 Å². The van der Waals surface area contributed by atoms with Crippen molar-refractivity contribution in [3.8, 4) is 0 Å². The van der Waals surface area contributed by atoms with Gasteiger partial charge in [-0.05, 0) is 30.7 Å². The molecule has 0 saturated carbocycles. The van der Waals surface area contributed by atoms with Crippen LogP contribution < -0.4 is 16.2 Å². The van der Waals surface area contributed by atoms with E-state index in [4.69, 9.17) is 0 Å². The van der Waals surface area contributed by atoms with Gasteiger partial charge < -0.3 is 10.1 Å². The summed E-state index contributed by atoms with van der Waals surface area (Å²) in [7, 11) is 1.28. The Balaban J connectivity index is 2.14. The van der Waals surface area contributed by atoms with Crippen molar-refractivity contribution in [1.82, 2.24) is 16.2 Å². The molecule has 1 atom stereocenters. The van der Waals surface area contributed by atoms with Gasteiger partial charge >= 0.3 is 6.09 Å². The fourth-order valence-corrected chi connectivity index (χ4v) is 2.31. The highest BCUT2D eigenvalue weighted by atomic mass is 16.5. The third kappa shape index (κ3) is 7.97. The zero-order chi connectivity index (χ0) is 17.8. The highest BCUT2D eigenvalue weighted by molar-refractivity contribution is 5.85. The lowest BCUT2D eigenvalue weighted by atomic mass is 10.0. The quantitative estimate of drug-likeness (QED) is 0.453. The number of aryl methyl sites for hydroxylation is 1. The maximum Gasteiger partial charge on any atom is 0.407 e. The van der Waals surface area contributed by atoms with Gasteiger partial charge in [0.1, 0.15) is 6.04 Å². The minimum absolute atomic E-state index is 0.0308. The van der Waals surface area contributed by atoms with Gasteiger partial charge in [-0.15, -0.1) is 0 Å². The van der Waals surface area contributed by atoms with E-state index < -0.39 is 12.1 Å². The van der Waals surface area contributed by atoms with Crippen LogP contribution in [0.15, 0.2) is 30.3 Å². The summed E-state index contributed by atoms with van der Waals surface area (Å²) in [6.45, 7) is 4.43. The van der Waals surface area contributed by atoms with Crippen LogP contribution in [0.25, 0.3) is 0 Å². The summed E-state index contributed by atoms with van der Waals surface area (Å²) in [5.41, 5.74) is 6.92. The Morgan fingerprint density at radius 1 is 1.08 bits per heavy atom. The van der Waals surface area contributed by atoms with E-state index in [1.165, 1.54) is 12.7 Å². The molecule has 1 aromatic rings. The van der Waals surface area contributed by atoms with Gasteiger partial charge in [0.25, 0.3) is 5.91 Å². The van der Waals surface area contributed by atoms with E-state index in [0.29, 0.717) is 6.54 Å². The molecule has 6 nitrogen and oxygen atoms in total. The number of benzene rings is 1. The number of hydrogen-bond donors (Lipinski definition) is 3. The second kappa shape index (κ2) is 11.5. The number of hydrazine groups is 1. The first-order valence-electron chi connectivity index (χ1n) is 8.45. The molecule has 0 radical (unpaired) electrons. The molecule has 0 spiro atoms. The topological polar surface area (TPSA) is 79.5 Å². The number of rotatable bonds is 10. The number of ether oxygens (including phenoxy) is 1. The van der Waals surface area contributed by atoms with Crippen molar-refractivity contribution in [1.29, 1.82) is 0 Å². The molecule has 0 heterocycles. The first kappa shape index (κ1) is 20.0. The number of hydrogen-bond acceptors (Lipinski definition) is 4. The largest absolute Gasteiger partial charge is 0.453 e. The van der Waals surface area contributed by atoms with Crippen LogP contribution in [0.5, 0.6) is 0 Å². The molecular formula is C18H29N3O3. The number of methoxy groups -OCH3 is 1. The van der Waals surface area contributed by atoms with E-state index in [-0.39, 0.29) is 11.8 Å². The summed E-state index contributed by atoms with van der Waals surface area (Å²) in [4.78, 5) is 23.3. The van der Waals surface area contributed by atoms with Crippen molar-refractivity contribution >= 4 is 12.0 Å². The Hall–Kier alpha value is -2.08. The highest BCUT2D eigenvalue weighted by Crippen LogP contribution is 2.05. The molecule has 0 aromatic heterocycles. The van der Waals surface area contributed by atoms with E-state index in [9.17, 15) is 9.59 Å². The molecule has 0 aliphatic heterocycles. The molecule has 1 aromatic carbocycles. The van der Waals surface area contributed by atoms with E-state index in [1.807, 2.05) is 19.9 Å². The maximum atomic E-state index is 12.1. The fourth-order valence-electron chi connectivity index (χ4n) is 2.31. The number of carbonyl (C=O) groups excluding carboxylic acids is 2. The van der Waals surface area contributed by atoms with E-state index in [0.717, 1.165) is 25.7 Å². The average molecular weight is 335 g/mol. The van der Waals surface area contributed by atoms with Crippen molar-refractivity contribution in [2.45, 2.75) is 45.6 Å². The molecule has 0 fully saturated rings. The summed E-state index contributed by atoms with van der Waals surface area (Å²) in [5, 5.41) is 2.53. The van der Waals surface area contributed by atoms with Crippen LogP contribution in [0, 0.1) is 5.92 Å². The van der Waals surface area contributed by atoms with Crippen LogP contribution in [-0.4, -0.2) is 31.7 Å². The first-order chi connectivity index (χ1) is 11.5. The average Bonchev–Trinajstić information content (AvgIpc) is 2.58. The van der Waals surface area contributed by atoms with Gasteiger partial charge in [0.15, 0.2) is 0 Å². The van der Waals surface area contributed by atoms with Crippen LogP contribution in [0.1, 0.15) is 38.7 Å². The van der Waals surface area contributed by atoms with E-state index >= 15 is 0 Å². The predicted octanol–water partition coefficient (Wildman–Crippen LogP) is 2.40. The molecular weight excluding hydrogens is 306 g/mol. The standard InChI is InChI=1S/C18H29N3O3/c1-14(2)16(20-18(23)24-3)17(22)21-19-13-9-5-8-12-15-10-6-4-7-11-15/h4,6-7,10-11,14,16,19H,5,8-9,12-13H2,1-3H3,(H,20,23)(H,21,22)/t16-/m0/s1. The number of nitrogens with one attached hydrogen (secondary N) is 3. The Morgan fingerprint density at radius 2 is 1.79 bits per heavy atom. The van der Waals surface area contributed by atoms with Crippen LogP contribution in [0.2, 0.25) is 0 Å². The summed E-state index contributed by atoms with van der Waals surface area (Å²) in [5.74, 6) is -0.295. The summed E-state index contributed by atoms with van der Waals surface area (Å²) >= 11 is 0. The third-order valence-corrected chi connectivity index (χ3v) is 3.73.